The highest BCUT2D eigenvalue weighted by molar-refractivity contribution is 5.98. The molecule has 1 rings (SSSR count). The van der Waals surface area contributed by atoms with Crippen LogP contribution in [0.3, 0.4) is 0 Å². The van der Waals surface area contributed by atoms with Gasteiger partial charge in [0.25, 0.3) is 0 Å². The Hall–Kier alpha value is -1.57. The third kappa shape index (κ3) is 2.75. The lowest BCUT2D eigenvalue weighted by Gasteiger charge is -2.02. The van der Waals surface area contributed by atoms with E-state index in [1.54, 1.807) is 0 Å². The van der Waals surface area contributed by atoms with Gasteiger partial charge in [0.2, 0.25) is 5.91 Å². The molecule has 68 valence electrons. The van der Waals surface area contributed by atoms with E-state index in [-0.39, 0.29) is 5.91 Å². The summed E-state index contributed by atoms with van der Waals surface area (Å²) in [6, 6.07) is 7.78. The van der Waals surface area contributed by atoms with E-state index < -0.39 is 0 Å². The van der Waals surface area contributed by atoms with Crippen molar-refractivity contribution in [1.29, 1.82) is 0 Å². The van der Waals surface area contributed by atoms with Crippen LogP contribution in [0.1, 0.15) is 12.5 Å². The Morgan fingerprint density at radius 3 is 2.54 bits per heavy atom. The zero-order valence-corrected chi connectivity index (χ0v) is 7.71. The smallest absolute Gasteiger partial charge is 0.247 e. The van der Waals surface area contributed by atoms with Gasteiger partial charge in [0.15, 0.2) is 0 Å². The normalized spacial score (nSPS) is 9.31. The number of carbonyl (C=O) groups is 1. The zero-order chi connectivity index (χ0) is 9.68. The average molecular weight is 175 g/mol. The van der Waals surface area contributed by atoms with E-state index in [9.17, 15) is 4.79 Å². The monoisotopic (exact) mass is 175 g/mol. The molecule has 0 aliphatic carbocycles. The largest absolute Gasteiger partial charge is 0.323 e. The first-order valence-corrected chi connectivity index (χ1v) is 4.28. The number of hydrogen-bond donors (Lipinski definition) is 1. The summed E-state index contributed by atoms with van der Waals surface area (Å²) >= 11 is 0. The van der Waals surface area contributed by atoms with Crippen LogP contribution in [0.5, 0.6) is 0 Å². The van der Waals surface area contributed by atoms with Gasteiger partial charge in [-0.1, -0.05) is 25.6 Å². The second-order valence-electron chi connectivity index (χ2n) is 2.74. The van der Waals surface area contributed by atoms with Crippen LogP contribution in [0.15, 0.2) is 36.9 Å². The molecule has 2 nitrogen and oxygen atoms in total. The Labute approximate surface area is 78.3 Å². The SMILES string of the molecule is C=CC(=O)Nc1ccc(CC)cc1. The van der Waals surface area contributed by atoms with Crippen molar-refractivity contribution in [2.24, 2.45) is 0 Å². The Morgan fingerprint density at radius 1 is 1.46 bits per heavy atom. The number of nitrogens with one attached hydrogen (secondary N) is 1. The summed E-state index contributed by atoms with van der Waals surface area (Å²) in [6.45, 7) is 5.47. The molecule has 1 aromatic rings. The lowest BCUT2D eigenvalue weighted by Crippen LogP contribution is -2.06. The minimum absolute atomic E-state index is 0.177. The number of hydrogen-bond acceptors (Lipinski definition) is 1. The third-order valence-electron chi connectivity index (χ3n) is 1.82. The van der Waals surface area contributed by atoms with E-state index in [2.05, 4.69) is 18.8 Å². The molecule has 0 fully saturated rings. The number of carbonyl (C=O) groups excluding carboxylic acids is 1. The second kappa shape index (κ2) is 4.45. The number of amides is 1. The highest BCUT2D eigenvalue weighted by Gasteiger charge is 1.95. The van der Waals surface area contributed by atoms with Crippen molar-refractivity contribution in [3.63, 3.8) is 0 Å². The second-order valence-corrected chi connectivity index (χ2v) is 2.74. The van der Waals surface area contributed by atoms with E-state index in [4.69, 9.17) is 0 Å². The number of rotatable bonds is 3. The van der Waals surface area contributed by atoms with E-state index in [1.807, 2.05) is 24.3 Å². The first-order chi connectivity index (χ1) is 6.26. The van der Waals surface area contributed by atoms with Gasteiger partial charge in [-0.15, -0.1) is 0 Å². The molecule has 0 saturated carbocycles. The van der Waals surface area contributed by atoms with E-state index in [0.29, 0.717) is 0 Å². The standard InChI is InChI=1S/C11H13NO/c1-3-9-5-7-10(8-6-9)12-11(13)4-2/h4-8H,2-3H2,1H3,(H,12,13). The molecule has 0 atom stereocenters. The first-order valence-electron chi connectivity index (χ1n) is 4.28. The van der Waals surface area contributed by atoms with Crippen molar-refractivity contribution >= 4 is 11.6 Å². The van der Waals surface area contributed by atoms with Gasteiger partial charge >= 0.3 is 0 Å². The molecule has 0 aromatic heterocycles. The summed E-state index contributed by atoms with van der Waals surface area (Å²) in [5, 5.41) is 2.69. The average Bonchev–Trinajstić information content (AvgIpc) is 2.19. The summed E-state index contributed by atoms with van der Waals surface area (Å²) < 4.78 is 0. The Balaban J connectivity index is 2.69. The van der Waals surface area contributed by atoms with Crippen LogP contribution in [0.4, 0.5) is 5.69 Å². The minimum atomic E-state index is -0.177. The van der Waals surface area contributed by atoms with Gasteiger partial charge in [0.1, 0.15) is 0 Å². The Bertz CT molecular complexity index is 300. The minimum Gasteiger partial charge on any atom is -0.323 e. The molecule has 1 N–H and O–H groups in total. The molecule has 1 aromatic carbocycles. The number of aryl methyl sites for hydroxylation is 1. The van der Waals surface area contributed by atoms with Crippen molar-refractivity contribution < 1.29 is 4.79 Å². The van der Waals surface area contributed by atoms with Gasteiger partial charge in [-0.3, -0.25) is 4.79 Å². The highest BCUT2D eigenvalue weighted by atomic mass is 16.1. The maximum absolute atomic E-state index is 10.9. The topological polar surface area (TPSA) is 29.1 Å². The van der Waals surface area contributed by atoms with Crippen LogP contribution in [-0.4, -0.2) is 5.91 Å². The fourth-order valence-corrected chi connectivity index (χ4v) is 1.02. The van der Waals surface area contributed by atoms with Crippen LogP contribution in [-0.2, 0) is 11.2 Å². The molecule has 0 heterocycles. The molecular formula is C11H13NO. The van der Waals surface area contributed by atoms with E-state index in [1.165, 1.54) is 11.6 Å². The van der Waals surface area contributed by atoms with Gasteiger partial charge in [-0.25, -0.2) is 0 Å². The molecule has 0 bridgehead atoms. The van der Waals surface area contributed by atoms with Gasteiger partial charge in [-0.2, -0.15) is 0 Å². The highest BCUT2D eigenvalue weighted by Crippen LogP contribution is 2.09. The molecule has 1 amide bonds. The van der Waals surface area contributed by atoms with Crippen molar-refractivity contribution in [2.45, 2.75) is 13.3 Å². The summed E-state index contributed by atoms with van der Waals surface area (Å²) in [7, 11) is 0. The van der Waals surface area contributed by atoms with Gasteiger partial charge in [0.05, 0.1) is 0 Å². The molecule has 0 saturated heterocycles. The summed E-state index contributed by atoms with van der Waals surface area (Å²) in [5.74, 6) is -0.177. The first kappa shape index (κ1) is 9.52. The van der Waals surface area contributed by atoms with Crippen LogP contribution in [0.2, 0.25) is 0 Å². The van der Waals surface area contributed by atoms with Gasteiger partial charge in [0, 0.05) is 5.69 Å². The maximum Gasteiger partial charge on any atom is 0.247 e. The molecule has 0 aliphatic rings. The van der Waals surface area contributed by atoms with Crippen LogP contribution < -0.4 is 5.32 Å². The molecule has 0 spiro atoms. The summed E-state index contributed by atoms with van der Waals surface area (Å²) in [4.78, 5) is 10.9. The zero-order valence-electron chi connectivity index (χ0n) is 7.71. The number of anilines is 1. The van der Waals surface area contributed by atoms with E-state index in [0.717, 1.165) is 12.1 Å². The summed E-state index contributed by atoms with van der Waals surface area (Å²) in [5.41, 5.74) is 2.07. The molecule has 2 heteroatoms. The molecule has 0 radical (unpaired) electrons. The summed E-state index contributed by atoms with van der Waals surface area (Å²) in [6.07, 6.45) is 2.27. The van der Waals surface area contributed by atoms with Crippen molar-refractivity contribution in [2.75, 3.05) is 5.32 Å². The van der Waals surface area contributed by atoms with Crippen LogP contribution in [0.25, 0.3) is 0 Å². The van der Waals surface area contributed by atoms with Crippen molar-refractivity contribution in [3.8, 4) is 0 Å². The van der Waals surface area contributed by atoms with Crippen molar-refractivity contribution in [3.05, 3.63) is 42.5 Å². The quantitative estimate of drug-likeness (QED) is 0.702. The van der Waals surface area contributed by atoms with Gasteiger partial charge < -0.3 is 5.32 Å². The number of benzene rings is 1. The fraction of sp³-hybridized carbons (Fsp3) is 0.182. The lowest BCUT2D eigenvalue weighted by molar-refractivity contribution is -0.111. The Kier molecular flexibility index (Phi) is 3.26. The van der Waals surface area contributed by atoms with Crippen molar-refractivity contribution in [1.82, 2.24) is 0 Å². The molecular weight excluding hydrogens is 162 g/mol. The van der Waals surface area contributed by atoms with Gasteiger partial charge in [-0.05, 0) is 30.2 Å². The lowest BCUT2D eigenvalue weighted by atomic mass is 10.1. The predicted molar refractivity (Wildman–Crippen MR) is 54.6 cm³/mol. The molecule has 0 unspecified atom stereocenters. The fourth-order valence-electron chi connectivity index (χ4n) is 1.02. The third-order valence-corrected chi connectivity index (χ3v) is 1.82. The van der Waals surface area contributed by atoms with Crippen LogP contribution in [0, 0.1) is 0 Å². The molecule has 13 heavy (non-hydrogen) atoms. The van der Waals surface area contributed by atoms with E-state index >= 15 is 0 Å². The Morgan fingerprint density at radius 2 is 2.08 bits per heavy atom. The molecule has 0 aliphatic heterocycles. The maximum atomic E-state index is 10.9. The van der Waals surface area contributed by atoms with Crippen LogP contribution >= 0.6 is 0 Å². The predicted octanol–water partition coefficient (Wildman–Crippen LogP) is 2.37.